The van der Waals surface area contributed by atoms with Gasteiger partial charge in [0.15, 0.2) is 11.5 Å². The Balaban J connectivity index is 0.000000286. The second-order valence-corrected chi connectivity index (χ2v) is 7.41. The van der Waals surface area contributed by atoms with Crippen LogP contribution >= 0.6 is 0 Å². The van der Waals surface area contributed by atoms with Crippen molar-refractivity contribution in [2.24, 2.45) is 0 Å². The van der Waals surface area contributed by atoms with E-state index in [0.717, 1.165) is 49.8 Å². The second-order valence-electron chi connectivity index (χ2n) is 7.41. The molecule has 3 aromatic rings. The molecule has 9 nitrogen and oxygen atoms in total. The molecule has 37 heavy (non-hydrogen) atoms. The van der Waals surface area contributed by atoms with Crippen LogP contribution in [0.25, 0.3) is 5.65 Å². The lowest BCUT2D eigenvalue weighted by Gasteiger charge is -2.35. The van der Waals surface area contributed by atoms with Crippen molar-refractivity contribution < 1.29 is 50.5 Å². The molecule has 0 amide bonds. The van der Waals surface area contributed by atoms with E-state index >= 15 is 0 Å². The van der Waals surface area contributed by atoms with Gasteiger partial charge in [0, 0.05) is 57.5 Å². The molecule has 16 heteroatoms. The number of aliphatic carboxylic acids is 2. The van der Waals surface area contributed by atoms with Crippen LogP contribution in [0.5, 0.6) is 0 Å². The van der Waals surface area contributed by atoms with Crippen molar-refractivity contribution in [2.75, 3.05) is 31.1 Å². The van der Waals surface area contributed by atoms with Crippen molar-refractivity contribution in [3.8, 4) is 0 Å². The molecule has 1 aliphatic rings. The van der Waals surface area contributed by atoms with Crippen molar-refractivity contribution >= 4 is 23.4 Å². The Morgan fingerprint density at radius 3 is 1.86 bits per heavy atom. The Morgan fingerprint density at radius 1 is 0.865 bits per heavy atom. The van der Waals surface area contributed by atoms with Crippen LogP contribution in [0, 0.1) is 5.82 Å². The van der Waals surface area contributed by atoms with Gasteiger partial charge < -0.3 is 19.5 Å². The standard InChI is InChI=1S/C17H18FN5.2C2HF3O2/c18-15-3-1-2-14(12-15)13-21-8-10-23(11-9-21)17-16-19-4-6-22(16)7-5-20-17;2*3-2(4,5)1(6)7/h1-7,12H,8-11,13H2;2*(H,6,7). The van der Waals surface area contributed by atoms with Gasteiger partial charge in [-0.05, 0) is 17.7 Å². The van der Waals surface area contributed by atoms with E-state index in [-0.39, 0.29) is 5.82 Å². The number of hydrogen-bond donors (Lipinski definition) is 2. The molecule has 2 N–H and O–H groups in total. The number of rotatable bonds is 3. The van der Waals surface area contributed by atoms with Crippen LogP contribution in [0.2, 0.25) is 0 Å². The van der Waals surface area contributed by atoms with Gasteiger partial charge in [0.2, 0.25) is 0 Å². The van der Waals surface area contributed by atoms with Crippen molar-refractivity contribution in [1.29, 1.82) is 0 Å². The van der Waals surface area contributed by atoms with E-state index in [1.165, 1.54) is 6.07 Å². The lowest BCUT2D eigenvalue weighted by atomic mass is 10.2. The molecule has 4 rings (SSSR count). The molecule has 0 spiro atoms. The summed E-state index contributed by atoms with van der Waals surface area (Å²) < 4.78 is 78.7. The molecule has 1 aliphatic heterocycles. The SMILES string of the molecule is Fc1cccc(CN2CCN(c3nccn4ccnc34)CC2)c1.O=C(O)C(F)(F)F.O=C(O)C(F)(F)F. The first-order valence-corrected chi connectivity index (χ1v) is 10.3. The molecule has 3 heterocycles. The third-order valence-electron chi connectivity index (χ3n) is 4.74. The van der Waals surface area contributed by atoms with Crippen LogP contribution in [-0.2, 0) is 16.1 Å². The zero-order valence-electron chi connectivity index (χ0n) is 18.7. The highest BCUT2D eigenvalue weighted by Crippen LogP contribution is 2.19. The average Bonchev–Trinajstić information content (AvgIpc) is 3.28. The van der Waals surface area contributed by atoms with E-state index in [1.807, 2.05) is 29.1 Å². The fraction of sp³-hybridized carbons (Fsp3) is 0.333. The first kappa shape index (κ1) is 29.3. The summed E-state index contributed by atoms with van der Waals surface area (Å²) in [5, 5.41) is 14.2. The maximum atomic E-state index is 13.3. The Labute approximate surface area is 204 Å². The van der Waals surface area contributed by atoms with Gasteiger partial charge in [-0.1, -0.05) is 12.1 Å². The van der Waals surface area contributed by atoms with Gasteiger partial charge in [-0.25, -0.2) is 23.9 Å². The predicted octanol–water partition coefficient (Wildman–Crippen LogP) is 3.46. The number of halogens is 7. The summed E-state index contributed by atoms with van der Waals surface area (Å²) in [6.45, 7) is 4.44. The third kappa shape index (κ3) is 9.21. The first-order valence-electron chi connectivity index (χ1n) is 10.3. The summed E-state index contributed by atoms with van der Waals surface area (Å²) in [6, 6.07) is 6.84. The number of carboxylic acid groups (broad SMARTS) is 2. The molecule has 1 saturated heterocycles. The Bertz CT molecular complexity index is 1170. The maximum absolute atomic E-state index is 13.3. The molecule has 0 atom stereocenters. The smallest absolute Gasteiger partial charge is 0.475 e. The van der Waals surface area contributed by atoms with Crippen LogP contribution in [0.1, 0.15) is 5.56 Å². The van der Waals surface area contributed by atoms with Gasteiger partial charge >= 0.3 is 24.3 Å². The number of benzene rings is 1. The molecule has 1 fully saturated rings. The van der Waals surface area contributed by atoms with Gasteiger partial charge in [0.1, 0.15) is 5.82 Å². The van der Waals surface area contributed by atoms with Gasteiger partial charge in [-0.3, -0.25) is 4.90 Å². The van der Waals surface area contributed by atoms with Crippen LogP contribution < -0.4 is 4.90 Å². The van der Waals surface area contributed by atoms with Crippen LogP contribution in [-0.4, -0.2) is 80.0 Å². The van der Waals surface area contributed by atoms with E-state index in [0.29, 0.717) is 0 Å². The maximum Gasteiger partial charge on any atom is 0.490 e. The largest absolute Gasteiger partial charge is 0.490 e. The van der Waals surface area contributed by atoms with Crippen LogP contribution in [0.3, 0.4) is 0 Å². The number of imidazole rings is 1. The zero-order valence-corrected chi connectivity index (χ0v) is 18.7. The monoisotopic (exact) mass is 539 g/mol. The number of alkyl halides is 6. The minimum Gasteiger partial charge on any atom is -0.475 e. The van der Waals surface area contributed by atoms with E-state index in [2.05, 4.69) is 19.8 Å². The zero-order chi connectivity index (χ0) is 27.8. The molecule has 1 aromatic carbocycles. The Hall–Kier alpha value is -3.95. The summed E-state index contributed by atoms with van der Waals surface area (Å²) in [4.78, 5) is 31.3. The number of aromatic nitrogens is 3. The molecule has 2 aromatic heterocycles. The number of hydrogen-bond acceptors (Lipinski definition) is 6. The highest BCUT2D eigenvalue weighted by Gasteiger charge is 2.38. The fourth-order valence-corrected chi connectivity index (χ4v) is 3.07. The molecule has 0 unspecified atom stereocenters. The lowest BCUT2D eigenvalue weighted by Crippen LogP contribution is -2.46. The van der Waals surface area contributed by atoms with Crippen molar-refractivity contribution in [2.45, 2.75) is 18.9 Å². The topological polar surface area (TPSA) is 111 Å². The number of anilines is 1. The normalized spacial score (nSPS) is 14.3. The summed E-state index contributed by atoms with van der Waals surface area (Å²) in [6.07, 6.45) is -2.73. The number of nitrogens with zero attached hydrogens (tertiary/aromatic N) is 5. The molecule has 0 bridgehead atoms. The number of carbonyl (C=O) groups is 2. The van der Waals surface area contributed by atoms with E-state index < -0.39 is 24.3 Å². The molecule has 0 saturated carbocycles. The number of fused-ring (bicyclic) bond motifs is 1. The molecular weight excluding hydrogens is 519 g/mol. The van der Waals surface area contributed by atoms with Crippen LogP contribution in [0.4, 0.5) is 36.6 Å². The second kappa shape index (κ2) is 12.3. The van der Waals surface area contributed by atoms with Gasteiger partial charge in [0.25, 0.3) is 0 Å². The van der Waals surface area contributed by atoms with E-state index in [1.54, 1.807) is 18.3 Å². The number of carboxylic acids is 2. The summed E-state index contributed by atoms with van der Waals surface area (Å²) in [5.41, 5.74) is 1.91. The van der Waals surface area contributed by atoms with Crippen molar-refractivity contribution in [3.63, 3.8) is 0 Å². The first-order chi connectivity index (χ1) is 17.2. The molecule has 0 radical (unpaired) electrons. The van der Waals surface area contributed by atoms with E-state index in [4.69, 9.17) is 19.8 Å². The highest BCUT2D eigenvalue weighted by molar-refractivity contribution is 5.73. The minimum absolute atomic E-state index is 0.170. The third-order valence-corrected chi connectivity index (χ3v) is 4.74. The Kier molecular flexibility index (Phi) is 9.76. The average molecular weight is 539 g/mol. The van der Waals surface area contributed by atoms with Crippen molar-refractivity contribution in [3.05, 3.63) is 60.4 Å². The molecular formula is C21H20F7N5O4. The van der Waals surface area contributed by atoms with Crippen LogP contribution in [0.15, 0.2) is 49.1 Å². The van der Waals surface area contributed by atoms with E-state index in [9.17, 15) is 30.7 Å². The summed E-state index contributed by atoms with van der Waals surface area (Å²) >= 11 is 0. The summed E-state index contributed by atoms with van der Waals surface area (Å²) in [7, 11) is 0. The lowest BCUT2D eigenvalue weighted by molar-refractivity contribution is -0.193. The van der Waals surface area contributed by atoms with Crippen molar-refractivity contribution in [1.82, 2.24) is 19.3 Å². The minimum atomic E-state index is -5.08. The van der Waals surface area contributed by atoms with Gasteiger partial charge in [-0.2, -0.15) is 26.3 Å². The predicted molar refractivity (Wildman–Crippen MR) is 114 cm³/mol. The molecule has 202 valence electrons. The van der Waals surface area contributed by atoms with Gasteiger partial charge in [-0.15, -0.1) is 0 Å². The Morgan fingerprint density at radius 2 is 1.38 bits per heavy atom. The number of piperazine rings is 1. The highest BCUT2D eigenvalue weighted by atomic mass is 19.4. The fourth-order valence-electron chi connectivity index (χ4n) is 3.07. The quantitative estimate of drug-likeness (QED) is 0.487. The molecule has 0 aliphatic carbocycles. The summed E-state index contributed by atoms with van der Waals surface area (Å²) in [5.74, 6) is -4.75. The van der Waals surface area contributed by atoms with Gasteiger partial charge in [0.05, 0.1) is 0 Å².